The zero-order chi connectivity index (χ0) is 17.6. The molecule has 0 fully saturated rings. The summed E-state index contributed by atoms with van der Waals surface area (Å²) in [5, 5.41) is 11.9. The molecule has 1 atom stereocenters. The van der Waals surface area contributed by atoms with Crippen LogP contribution in [-0.4, -0.2) is 36.3 Å². The second-order valence-electron chi connectivity index (χ2n) is 6.96. The Balaban J connectivity index is 1.55. The van der Waals surface area contributed by atoms with E-state index in [2.05, 4.69) is 39.0 Å². The van der Waals surface area contributed by atoms with Crippen LogP contribution in [0.2, 0.25) is 0 Å². The van der Waals surface area contributed by atoms with Crippen molar-refractivity contribution in [2.75, 3.05) is 0 Å². The molecule has 0 saturated heterocycles. The van der Waals surface area contributed by atoms with Crippen molar-refractivity contribution in [3.63, 3.8) is 0 Å². The Morgan fingerprint density at radius 1 is 1.32 bits per heavy atom. The first kappa shape index (κ1) is 15.8. The van der Waals surface area contributed by atoms with Gasteiger partial charge < -0.3 is 5.32 Å². The van der Waals surface area contributed by atoms with Gasteiger partial charge in [-0.05, 0) is 45.2 Å². The molecule has 0 radical (unpaired) electrons. The summed E-state index contributed by atoms with van der Waals surface area (Å²) in [6.07, 6.45) is 8.05. The van der Waals surface area contributed by atoms with Crippen LogP contribution >= 0.6 is 0 Å². The van der Waals surface area contributed by atoms with Crippen molar-refractivity contribution in [3.8, 4) is 0 Å². The first-order valence-electron chi connectivity index (χ1n) is 8.70. The number of amides is 1. The number of fused-ring (bicyclic) bond motifs is 2. The molecule has 0 aliphatic heterocycles. The fourth-order valence-electron chi connectivity index (χ4n) is 3.47. The lowest BCUT2D eigenvalue weighted by atomic mass is 9.93. The number of carbonyl (C=O) groups excluding carboxylic acids is 1. The number of hydrogen-bond donors (Lipinski definition) is 1. The van der Waals surface area contributed by atoms with Gasteiger partial charge in [0.2, 0.25) is 0 Å². The molecule has 0 bridgehead atoms. The lowest BCUT2D eigenvalue weighted by Crippen LogP contribution is -2.39. The summed E-state index contributed by atoms with van der Waals surface area (Å²) in [5.74, 6) is -0.114. The van der Waals surface area contributed by atoms with Gasteiger partial charge in [-0.3, -0.25) is 9.48 Å². The van der Waals surface area contributed by atoms with Crippen molar-refractivity contribution < 1.29 is 4.79 Å². The summed E-state index contributed by atoms with van der Waals surface area (Å²) in [4.78, 5) is 17.2. The van der Waals surface area contributed by atoms with Gasteiger partial charge in [-0.2, -0.15) is 10.2 Å². The van der Waals surface area contributed by atoms with Crippen molar-refractivity contribution in [2.45, 2.75) is 52.1 Å². The molecular weight excluding hydrogens is 316 g/mol. The van der Waals surface area contributed by atoms with Crippen molar-refractivity contribution in [1.82, 2.24) is 29.7 Å². The molecule has 3 aromatic heterocycles. The molecular formula is C18H22N6O. The molecule has 0 spiro atoms. The molecule has 4 rings (SSSR count). The Bertz CT molecular complexity index is 938. The largest absolute Gasteiger partial charge is 0.349 e. The van der Waals surface area contributed by atoms with E-state index < -0.39 is 0 Å². The van der Waals surface area contributed by atoms with Gasteiger partial charge in [0, 0.05) is 36.1 Å². The molecule has 1 aliphatic carbocycles. The second kappa shape index (κ2) is 5.98. The maximum Gasteiger partial charge on any atom is 0.256 e. The molecule has 1 aliphatic rings. The predicted molar refractivity (Wildman–Crippen MR) is 93.6 cm³/mol. The number of aryl methyl sites for hydroxylation is 2. The minimum absolute atomic E-state index is 0.106. The number of nitrogens with zero attached hydrogens (tertiary/aromatic N) is 5. The van der Waals surface area contributed by atoms with Crippen LogP contribution in [0.3, 0.4) is 0 Å². The normalized spacial score (nSPS) is 17.0. The van der Waals surface area contributed by atoms with E-state index in [4.69, 9.17) is 0 Å². The third kappa shape index (κ3) is 2.79. The van der Waals surface area contributed by atoms with Gasteiger partial charge in [0.25, 0.3) is 5.91 Å². The smallest absolute Gasteiger partial charge is 0.256 e. The van der Waals surface area contributed by atoms with Crippen LogP contribution in [0.5, 0.6) is 0 Å². The maximum atomic E-state index is 12.7. The van der Waals surface area contributed by atoms with E-state index >= 15 is 0 Å². The van der Waals surface area contributed by atoms with Gasteiger partial charge in [-0.1, -0.05) is 0 Å². The lowest BCUT2D eigenvalue weighted by Gasteiger charge is -2.25. The molecule has 1 unspecified atom stereocenters. The van der Waals surface area contributed by atoms with Gasteiger partial charge in [0.05, 0.1) is 12.4 Å². The zero-order valence-corrected chi connectivity index (χ0v) is 14.7. The van der Waals surface area contributed by atoms with Gasteiger partial charge in [0.15, 0.2) is 5.65 Å². The third-order valence-electron chi connectivity index (χ3n) is 4.76. The Hall–Kier alpha value is -2.70. The van der Waals surface area contributed by atoms with Crippen molar-refractivity contribution in [1.29, 1.82) is 0 Å². The second-order valence-corrected chi connectivity index (χ2v) is 6.96. The molecule has 7 heteroatoms. The molecule has 1 N–H and O–H groups in total. The molecule has 3 heterocycles. The molecule has 7 nitrogen and oxygen atoms in total. The Labute approximate surface area is 146 Å². The Morgan fingerprint density at radius 3 is 2.96 bits per heavy atom. The lowest BCUT2D eigenvalue weighted by molar-refractivity contribution is 0.0934. The standard InChI is InChI=1S/C18H22N6O/c1-11(2)24-16-8-14(5-4-13(16)9-20-24)22-18(25)15-10-19-23-7-6-12(3)21-17(15)23/h6-7,9-11,14H,4-5,8H2,1-3H3,(H,22,25). The molecule has 130 valence electrons. The van der Waals surface area contributed by atoms with Crippen LogP contribution in [0, 0.1) is 6.92 Å². The van der Waals surface area contributed by atoms with Crippen molar-refractivity contribution in [2.24, 2.45) is 0 Å². The van der Waals surface area contributed by atoms with E-state index in [1.807, 2.05) is 25.4 Å². The molecule has 0 aromatic carbocycles. The first-order chi connectivity index (χ1) is 12.0. The summed E-state index contributed by atoms with van der Waals surface area (Å²) in [7, 11) is 0. The van der Waals surface area contributed by atoms with Crippen LogP contribution in [-0.2, 0) is 12.8 Å². The summed E-state index contributed by atoms with van der Waals surface area (Å²) >= 11 is 0. The number of hydrogen-bond acceptors (Lipinski definition) is 4. The van der Waals surface area contributed by atoms with Crippen LogP contribution < -0.4 is 5.32 Å². The van der Waals surface area contributed by atoms with E-state index in [9.17, 15) is 4.79 Å². The summed E-state index contributed by atoms with van der Waals surface area (Å²) < 4.78 is 3.70. The summed E-state index contributed by atoms with van der Waals surface area (Å²) in [6.45, 7) is 6.16. The SMILES string of the molecule is Cc1ccn2ncc(C(=O)NC3CCc4cnn(C(C)C)c4C3)c2n1. The van der Waals surface area contributed by atoms with E-state index in [1.54, 1.807) is 10.7 Å². The quantitative estimate of drug-likeness (QED) is 0.793. The van der Waals surface area contributed by atoms with E-state index in [0.717, 1.165) is 25.0 Å². The highest BCUT2D eigenvalue weighted by Crippen LogP contribution is 2.24. The van der Waals surface area contributed by atoms with Gasteiger partial charge in [-0.15, -0.1) is 0 Å². The summed E-state index contributed by atoms with van der Waals surface area (Å²) in [6, 6.07) is 2.30. The Morgan fingerprint density at radius 2 is 2.16 bits per heavy atom. The van der Waals surface area contributed by atoms with Crippen molar-refractivity contribution in [3.05, 3.63) is 47.2 Å². The van der Waals surface area contributed by atoms with Crippen LogP contribution in [0.15, 0.2) is 24.7 Å². The zero-order valence-electron chi connectivity index (χ0n) is 14.7. The van der Waals surface area contributed by atoms with E-state index in [1.165, 1.54) is 11.3 Å². The Kier molecular flexibility index (Phi) is 3.78. The number of nitrogens with one attached hydrogen (secondary N) is 1. The monoisotopic (exact) mass is 338 g/mol. The van der Waals surface area contributed by atoms with Crippen LogP contribution in [0.4, 0.5) is 0 Å². The highest BCUT2D eigenvalue weighted by Gasteiger charge is 2.26. The molecule has 25 heavy (non-hydrogen) atoms. The maximum absolute atomic E-state index is 12.7. The van der Waals surface area contributed by atoms with E-state index in [-0.39, 0.29) is 11.9 Å². The number of carbonyl (C=O) groups is 1. The minimum Gasteiger partial charge on any atom is -0.349 e. The highest BCUT2D eigenvalue weighted by molar-refractivity contribution is 5.99. The van der Waals surface area contributed by atoms with Gasteiger partial charge in [0.1, 0.15) is 5.56 Å². The minimum atomic E-state index is -0.114. The molecule has 0 saturated carbocycles. The third-order valence-corrected chi connectivity index (χ3v) is 4.76. The predicted octanol–water partition coefficient (Wildman–Crippen LogP) is 2.10. The fraction of sp³-hybridized carbons (Fsp3) is 0.444. The number of rotatable bonds is 3. The summed E-state index contributed by atoms with van der Waals surface area (Å²) in [5.41, 5.74) is 4.52. The topological polar surface area (TPSA) is 77.1 Å². The molecule has 3 aromatic rings. The average Bonchev–Trinajstić information content (AvgIpc) is 3.17. The average molecular weight is 338 g/mol. The molecule has 1 amide bonds. The van der Waals surface area contributed by atoms with Gasteiger partial charge in [-0.25, -0.2) is 9.50 Å². The van der Waals surface area contributed by atoms with Crippen LogP contribution in [0.1, 0.15) is 53.6 Å². The van der Waals surface area contributed by atoms with Crippen molar-refractivity contribution >= 4 is 11.6 Å². The van der Waals surface area contributed by atoms with Crippen LogP contribution in [0.25, 0.3) is 5.65 Å². The number of aromatic nitrogens is 5. The van der Waals surface area contributed by atoms with E-state index in [0.29, 0.717) is 17.3 Å². The highest BCUT2D eigenvalue weighted by atomic mass is 16.1. The first-order valence-corrected chi connectivity index (χ1v) is 8.70. The fourth-order valence-corrected chi connectivity index (χ4v) is 3.47. The van der Waals surface area contributed by atoms with Gasteiger partial charge >= 0.3 is 0 Å².